The SMILES string of the molecule is CCOc1ccc(S(N)(=O)=O)cc1-c1csnc1OC. The summed E-state index contributed by atoms with van der Waals surface area (Å²) in [6, 6.07) is 4.46. The number of methoxy groups -OCH3 is 1. The summed E-state index contributed by atoms with van der Waals surface area (Å²) in [5, 5.41) is 6.93. The van der Waals surface area contributed by atoms with Crippen LogP contribution in [0.2, 0.25) is 0 Å². The molecule has 2 N–H and O–H groups in total. The lowest BCUT2D eigenvalue weighted by Crippen LogP contribution is -2.12. The van der Waals surface area contributed by atoms with Gasteiger partial charge in [0, 0.05) is 10.9 Å². The van der Waals surface area contributed by atoms with Crippen molar-refractivity contribution in [3.63, 3.8) is 0 Å². The van der Waals surface area contributed by atoms with Crippen LogP contribution in [0, 0.1) is 0 Å². The van der Waals surface area contributed by atoms with E-state index >= 15 is 0 Å². The van der Waals surface area contributed by atoms with Crippen molar-refractivity contribution in [2.75, 3.05) is 13.7 Å². The maximum Gasteiger partial charge on any atom is 0.238 e. The van der Waals surface area contributed by atoms with Crippen molar-refractivity contribution in [1.82, 2.24) is 4.37 Å². The first-order chi connectivity index (χ1) is 9.47. The Hall–Kier alpha value is -1.64. The average Bonchev–Trinajstić information content (AvgIpc) is 2.86. The van der Waals surface area contributed by atoms with Crippen LogP contribution in [-0.2, 0) is 10.0 Å². The molecule has 0 aliphatic rings. The Morgan fingerprint density at radius 2 is 2.10 bits per heavy atom. The lowest BCUT2D eigenvalue weighted by molar-refractivity contribution is 0.341. The number of ether oxygens (including phenoxy) is 2. The maximum absolute atomic E-state index is 11.5. The molecular formula is C12H14N2O4S2. The van der Waals surface area contributed by atoms with Crippen molar-refractivity contribution < 1.29 is 17.9 Å². The second kappa shape index (κ2) is 5.78. The second-order valence-corrected chi connectivity index (χ2v) is 6.06. The summed E-state index contributed by atoms with van der Waals surface area (Å²) in [5.74, 6) is 0.973. The van der Waals surface area contributed by atoms with Crippen LogP contribution < -0.4 is 14.6 Å². The molecule has 2 aromatic rings. The molecule has 0 saturated heterocycles. The average molecular weight is 314 g/mol. The van der Waals surface area contributed by atoms with Crippen molar-refractivity contribution >= 4 is 21.6 Å². The Bertz CT molecular complexity index is 710. The van der Waals surface area contributed by atoms with E-state index < -0.39 is 10.0 Å². The maximum atomic E-state index is 11.5. The van der Waals surface area contributed by atoms with Crippen molar-refractivity contribution in [3.05, 3.63) is 23.6 Å². The van der Waals surface area contributed by atoms with Crippen LogP contribution in [-0.4, -0.2) is 26.5 Å². The summed E-state index contributed by atoms with van der Waals surface area (Å²) in [5.41, 5.74) is 1.26. The molecule has 0 bridgehead atoms. The fourth-order valence-electron chi connectivity index (χ4n) is 1.73. The normalized spacial score (nSPS) is 11.3. The molecule has 8 heteroatoms. The molecule has 20 heavy (non-hydrogen) atoms. The predicted molar refractivity (Wildman–Crippen MR) is 76.6 cm³/mol. The summed E-state index contributed by atoms with van der Waals surface area (Å²) in [6.07, 6.45) is 0. The Labute approximate surface area is 121 Å². The van der Waals surface area contributed by atoms with Gasteiger partial charge < -0.3 is 9.47 Å². The fourth-order valence-corrected chi connectivity index (χ4v) is 2.92. The lowest BCUT2D eigenvalue weighted by Gasteiger charge is -2.11. The number of sulfonamides is 1. The Morgan fingerprint density at radius 3 is 2.70 bits per heavy atom. The summed E-state index contributed by atoms with van der Waals surface area (Å²) >= 11 is 1.21. The molecule has 1 aromatic heterocycles. The monoisotopic (exact) mass is 314 g/mol. The van der Waals surface area contributed by atoms with E-state index in [1.165, 1.54) is 30.8 Å². The van der Waals surface area contributed by atoms with Crippen molar-refractivity contribution in [2.45, 2.75) is 11.8 Å². The molecule has 0 spiro atoms. The Kier molecular flexibility index (Phi) is 4.26. The van der Waals surface area contributed by atoms with Gasteiger partial charge in [0.1, 0.15) is 5.75 Å². The molecule has 6 nitrogen and oxygen atoms in total. The molecule has 1 aromatic carbocycles. The van der Waals surface area contributed by atoms with Gasteiger partial charge >= 0.3 is 0 Å². The third-order valence-corrected chi connectivity index (χ3v) is 4.12. The smallest absolute Gasteiger partial charge is 0.238 e. The minimum atomic E-state index is -3.78. The first-order valence-corrected chi connectivity index (χ1v) is 8.14. The molecule has 0 aliphatic carbocycles. The highest BCUT2D eigenvalue weighted by Crippen LogP contribution is 2.38. The van der Waals surface area contributed by atoms with E-state index in [-0.39, 0.29) is 4.90 Å². The zero-order valence-corrected chi connectivity index (χ0v) is 12.6. The van der Waals surface area contributed by atoms with Gasteiger partial charge in [-0.2, -0.15) is 4.37 Å². The van der Waals surface area contributed by atoms with Crippen LogP contribution in [0.3, 0.4) is 0 Å². The van der Waals surface area contributed by atoms with Crippen LogP contribution in [0.1, 0.15) is 6.92 Å². The van der Waals surface area contributed by atoms with Crippen molar-refractivity contribution in [3.8, 4) is 22.8 Å². The van der Waals surface area contributed by atoms with Crippen LogP contribution in [0.4, 0.5) is 0 Å². The molecule has 108 valence electrons. The summed E-state index contributed by atoms with van der Waals surface area (Å²) < 4.78 is 37.7. The third-order valence-electron chi connectivity index (χ3n) is 2.60. The first-order valence-electron chi connectivity index (χ1n) is 5.75. The fraction of sp³-hybridized carbons (Fsp3) is 0.250. The molecule has 0 radical (unpaired) electrons. The first kappa shape index (κ1) is 14.8. The minimum absolute atomic E-state index is 0.0178. The molecule has 0 amide bonds. The molecule has 0 aliphatic heterocycles. The van der Waals surface area contributed by atoms with Gasteiger partial charge in [0.05, 0.1) is 24.2 Å². The molecule has 0 unspecified atom stereocenters. The number of hydrogen-bond donors (Lipinski definition) is 1. The highest BCUT2D eigenvalue weighted by Gasteiger charge is 2.17. The zero-order chi connectivity index (χ0) is 14.8. The quantitative estimate of drug-likeness (QED) is 0.909. The molecule has 0 atom stereocenters. The van der Waals surface area contributed by atoms with Gasteiger partial charge in [0.15, 0.2) is 0 Å². The van der Waals surface area contributed by atoms with Gasteiger partial charge in [0.2, 0.25) is 15.9 Å². The highest BCUT2D eigenvalue weighted by atomic mass is 32.2. The van der Waals surface area contributed by atoms with Gasteiger partial charge in [-0.15, -0.1) is 0 Å². The topological polar surface area (TPSA) is 91.5 Å². The summed E-state index contributed by atoms with van der Waals surface area (Å²) in [6.45, 7) is 2.31. The van der Waals surface area contributed by atoms with Gasteiger partial charge in [-0.3, -0.25) is 0 Å². The number of nitrogens with two attached hydrogens (primary N) is 1. The van der Waals surface area contributed by atoms with E-state index in [0.717, 1.165) is 0 Å². The third kappa shape index (κ3) is 2.92. The van der Waals surface area contributed by atoms with Gasteiger partial charge in [-0.05, 0) is 36.7 Å². The van der Waals surface area contributed by atoms with E-state index in [1.54, 1.807) is 11.4 Å². The predicted octanol–water partition coefficient (Wildman–Crippen LogP) is 1.86. The highest BCUT2D eigenvalue weighted by molar-refractivity contribution is 7.89. The minimum Gasteiger partial charge on any atom is -0.493 e. The van der Waals surface area contributed by atoms with Crippen LogP contribution in [0.5, 0.6) is 11.6 Å². The molecule has 2 rings (SSSR count). The van der Waals surface area contributed by atoms with Crippen molar-refractivity contribution in [1.29, 1.82) is 0 Å². The molecule has 0 fully saturated rings. The van der Waals surface area contributed by atoms with Crippen LogP contribution >= 0.6 is 11.5 Å². The number of benzene rings is 1. The second-order valence-electron chi connectivity index (χ2n) is 3.87. The number of aromatic nitrogens is 1. The Balaban J connectivity index is 2.64. The van der Waals surface area contributed by atoms with Crippen LogP contribution in [0.15, 0.2) is 28.5 Å². The lowest BCUT2D eigenvalue weighted by atomic mass is 10.1. The molecule has 0 saturated carbocycles. The van der Waals surface area contributed by atoms with E-state index in [1.807, 2.05) is 6.92 Å². The summed E-state index contributed by atoms with van der Waals surface area (Å²) in [7, 11) is -2.28. The van der Waals surface area contributed by atoms with Crippen molar-refractivity contribution in [2.24, 2.45) is 5.14 Å². The largest absolute Gasteiger partial charge is 0.493 e. The number of rotatable bonds is 5. The Morgan fingerprint density at radius 1 is 1.35 bits per heavy atom. The van der Waals surface area contributed by atoms with E-state index in [9.17, 15) is 8.42 Å². The molecule has 1 heterocycles. The number of nitrogens with zero attached hydrogens (tertiary/aromatic N) is 1. The van der Waals surface area contributed by atoms with E-state index in [0.29, 0.717) is 29.4 Å². The number of hydrogen-bond acceptors (Lipinski definition) is 6. The molecular weight excluding hydrogens is 300 g/mol. The van der Waals surface area contributed by atoms with E-state index in [2.05, 4.69) is 4.37 Å². The van der Waals surface area contributed by atoms with Gasteiger partial charge in [0.25, 0.3) is 0 Å². The van der Waals surface area contributed by atoms with E-state index in [4.69, 9.17) is 14.6 Å². The van der Waals surface area contributed by atoms with Crippen LogP contribution in [0.25, 0.3) is 11.1 Å². The zero-order valence-electron chi connectivity index (χ0n) is 11.0. The number of primary sulfonamides is 1. The van der Waals surface area contributed by atoms with Gasteiger partial charge in [-0.1, -0.05) is 0 Å². The summed E-state index contributed by atoms with van der Waals surface area (Å²) in [4.78, 5) is 0.0178. The standard InChI is InChI=1S/C12H14N2O4S2/c1-3-18-11-5-4-8(20(13,15)16)6-9(11)10-7-19-14-12(10)17-2/h4-7H,3H2,1-2H3,(H2,13,15,16). The van der Waals surface area contributed by atoms with Gasteiger partial charge in [-0.25, -0.2) is 13.6 Å².